The molecule has 1 aromatic carbocycles. The van der Waals surface area contributed by atoms with Crippen LogP contribution >= 0.6 is 0 Å². The van der Waals surface area contributed by atoms with Crippen LogP contribution in [0.4, 0.5) is 5.69 Å². The van der Waals surface area contributed by atoms with Crippen molar-refractivity contribution in [2.45, 2.75) is 19.4 Å². The highest BCUT2D eigenvalue weighted by Gasteiger charge is 2.47. The summed E-state index contributed by atoms with van der Waals surface area (Å²) < 4.78 is 1.76. The molecule has 27 heavy (non-hydrogen) atoms. The van der Waals surface area contributed by atoms with E-state index in [0.717, 1.165) is 10.5 Å². The number of rotatable bonds is 5. The third-order valence-electron chi connectivity index (χ3n) is 5.08. The van der Waals surface area contributed by atoms with E-state index < -0.39 is 0 Å². The summed E-state index contributed by atoms with van der Waals surface area (Å²) in [7, 11) is 0. The highest BCUT2D eigenvalue weighted by molar-refractivity contribution is 6.08. The van der Waals surface area contributed by atoms with Gasteiger partial charge >= 0.3 is 0 Å². The van der Waals surface area contributed by atoms with Crippen LogP contribution in [0.25, 0.3) is 0 Å². The van der Waals surface area contributed by atoms with Crippen molar-refractivity contribution in [2.75, 3.05) is 11.9 Å². The molecule has 2 heterocycles. The predicted molar refractivity (Wildman–Crippen MR) is 98.5 cm³/mol. The minimum absolute atomic E-state index is 0.241. The van der Waals surface area contributed by atoms with Crippen molar-refractivity contribution >= 4 is 23.4 Å². The molecule has 0 spiro atoms. The first-order chi connectivity index (χ1) is 13.1. The van der Waals surface area contributed by atoms with Gasteiger partial charge in [-0.1, -0.05) is 30.4 Å². The number of benzene rings is 1. The monoisotopic (exact) mass is 364 g/mol. The van der Waals surface area contributed by atoms with E-state index in [9.17, 15) is 14.4 Å². The third-order valence-corrected chi connectivity index (χ3v) is 5.08. The van der Waals surface area contributed by atoms with Gasteiger partial charge in [0.25, 0.3) is 0 Å². The highest BCUT2D eigenvalue weighted by atomic mass is 16.2. The number of allylic oxidation sites excluding steroid dienone is 2. The van der Waals surface area contributed by atoms with Crippen molar-refractivity contribution in [3.8, 4) is 0 Å². The maximum atomic E-state index is 12.5. The molecule has 1 aliphatic carbocycles. The molecule has 1 aliphatic heterocycles. The molecule has 2 aromatic rings. The Bertz CT molecular complexity index is 878. The molecule has 0 bridgehead atoms. The number of amides is 3. The second-order valence-corrected chi connectivity index (χ2v) is 6.83. The average Bonchev–Trinajstić information content (AvgIpc) is 3.27. The third kappa shape index (κ3) is 3.40. The van der Waals surface area contributed by atoms with Crippen LogP contribution in [0.3, 0.4) is 0 Å². The van der Waals surface area contributed by atoms with Crippen molar-refractivity contribution in [3.63, 3.8) is 0 Å². The fraction of sp³-hybridized carbons (Fsp3) is 0.300. The summed E-state index contributed by atoms with van der Waals surface area (Å²) in [6.07, 6.45) is 8.54. The van der Waals surface area contributed by atoms with Crippen LogP contribution < -0.4 is 5.32 Å². The fourth-order valence-electron chi connectivity index (χ4n) is 3.71. The Labute approximate surface area is 156 Å². The summed E-state index contributed by atoms with van der Waals surface area (Å²) in [6, 6.07) is 9.26. The van der Waals surface area contributed by atoms with E-state index >= 15 is 0 Å². The van der Waals surface area contributed by atoms with E-state index in [1.165, 1.54) is 0 Å². The van der Waals surface area contributed by atoms with Gasteiger partial charge in [0.05, 0.1) is 18.4 Å². The summed E-state index contributed by atoms with van der Waals surface area (Å²) >= 11 is 0. The number of carbonyl (C=O) groups excluding carboxylic acids is 3. The lowest BCUT2D eigenvalue weighted by atomic mass is 9.85. The standard InChI is InChI=1S/C20H20N4O3/c25-18(13-24-19(26)15-7-2-3-8-16(15)20(24)27)22-17-9-4-1-6-14(17)12-23-11-5-10-21-23/h1-6,9-11,15-16H,7-8,12-13H2,(H,22,25). The second kappa shape index (κ2) is 7.19. The number of hydrogen-bond donors (Lipinski definition) is 1. The fourth-order valence-corrected chi connectivity index (χ4v) is 3.71. The maximum Gasteiger partial charge on any atom is 0.244 e. The van der Waals surface area contributed by atoms with Gasteiger partial charge in [-0.05, 0) is 30.5 Å². The Morgan fingerprint density at radius 1 is 1.07 bits per heavy atom. The topological polar surface area (TPSA) is 84.3 Å². The van der Waals surface area contributed by atoms with Crippen LogP contribution in [-0.4, -0.2) is 38.9 Å². The number of hydrogen-bond acceptors (Lipinski definition) is 4. The summed E-state index contributed by atoms with van der Waals surface area (Å²) in [4.78, 5) is 38.6. The second-order valence-electron chi connectivity index (χ2n) is 6.83. The summed E-state index contributed by atoms with van der Waals surface area (Å²) in [6.45, 7) is 0.265. The first kappa shape index (κ1) is 17.2. The normalized spacial score (nSPS) is 21.4. The van der Waals surface area contributed by atoms with E-state index in [-0.39, 0.29) is 36.1 Å². The molecule has 1 fully saturated rings. The quantitative estimate of drug-likeness (QED) is 0.648. The highest BCUT2D eigenvalue weighted by Crippen LogP contribution is 2.34. The molecule has 7 nitrogen and oxygen atoms in total. The van der Waals surface area contributed by atoms with Gasteiger partial charge < -0.3 is 5.32 Å². The van der Waals surface area contributed by atoms with E-state index in [4.69, 9.17) is 0 Å². The lowest BCUT2D eigenvalue weighted by molar-refractivity contribution is -0.142. The Kier molecular flexibility index (Phi) is 4.58. The number of likely N-dealkylation sites (tertiary alicyclic amines) is 1. The first-order valence-electron chi connectivity index (χ1n) is 8.99. The number of nitrogens with one attached hydrogen (secondary N) is 1. The van der Waals surface area contributed by atoms with Crippen molar-refractivity contribution in [2.24, 2.45) is 11.8 Å². The number of imide groups is 1. The molecule has 1 N–H and O–H groups in total. The number of aromatic nitrogens is 2. The van der Waals surface area contributed by atoms with Crippen molar-refractivity contribution in [1.82, 2.24) is 14.7 Å². The van der Waals surface area contributed by atoms with Gasteiger partial charge in [-0.15, -0.1) is 0 Å². The van der Waals surface area contributed by atoms with Gasteiger partial charge in [-0.2, -0.15) is 5.10 Å². The van der Waals surface area contributed by atoms with Crippen molar-refractivity contribution in [1.29, 1.82) is 0 Å². The Hall–Kier alpha value is -3.22. The van der Waals surface area contributed by atoms with Crippen LogP contribution in [-0.2, 0) is 20.9 Å². The number of carbonyl (C=O) groups is 3. The molecule has 3 amide bonds. The molecule has 2 atom stereocenters. The Morgan fingerprint density at radius 3 is 2.44 bits per heavy atom. The van der Waals surface area contributed by atoms with Gasteiger partial charge in [0, 0.05) is 18.1 Å². The lowest BCUT2D eigenvalue weighted by Gasteiger charge is -2.16. The van der Waals surface area contributed by atoms with E-state index in [1.807, 2.05) is 42.6 Å². The molecule has 0 saturated carbocycles. The van der Waals surface area contributed by atoms with Gasteiger partial charge in [0.15, 0.2) is 0 Å². The molecular weight excluding hydrogens is 344 g/mol. The van der Waals surface area contributed by atoms with Crippen molar-refractivity contribution < 1.29 is 14.4 Å². The largest absolute Gasteiger partial charge is 0.324 e. The molecular formula is C20H20N4O3. The van der Waals surface area contributed by atoms with Gasteiger partial charge in [-0.25, -0.2) is 0 Å². The molecule has 7 heteroatoms. The number of para-hydroxylation sites is 1. The van der Waals surface area contributed by atoms with Crippen LogP contribution in [0, 0.1) is 11.8 Å². The molecule has 1 saturated heterocycles. The summed E-state index contributed by atoms with van der Waals surface area (Å²) in [5.41, 5.74) is 1.54. The van der Waals surface area contributed by atoms with Gasteiger partial charge in [-0.3, -0.25) is 24.0 Å². The SMILES string of the molecule is O=C(CN1C(=O)C2CC=CCC2C1=O)Nc1ccccc1Cn1cccn1. The van der Waals surface area contributed by atoms with Crippen molar-refractivity contribution in [3.05, 3.63) is 60.4 Å². The van der Waals surface area contributed by atoms with Crippen LogP contribution in [0.2, 0.25) is 0 Å². The first-order valence-corrected chi connectivity index (χ1v) is 8.99. The minimum atomic E-state index is -0.378. The molecule has 138 valence electrons. The molecule has 4 rings (SSSR count). The summed E-state index contributed by atoms with van der Waals surface area (Å²) in [5.74, 6) is -1.50. The van der Waals surface area contributed by atoms with Crippen LogP contribution in [0.1, 0.15) is 18.4 Å². The zero-order valence-corrected chi connectivity index (χ0v) is 14.7. The molecule has 1 aromatic heterocycles. The lowest BCUT2D eigenvalue weighted by Crippen LogP contribution is -2.38. The number of fused-ring (bicyclic) bond motifs is 1. The smallest absolute Gasteiger partial charge is 0.244 e. The Balaban J connectivity index is 1.44. The molecule has 2 unspecified atom stereocenters. The van der Waals surface area contributed by atoms with Crippen LogP contribution in [0.15, 0.2) is 54.9 Å². The predicted octanol–water partition coefficient (Wildman–Crippen LogP) is 1.82. The van der Waals surface area contributed by atoms with E-state index in [0.29, 0.717) is 25.1 Å². The number of anilines is 1. The van der Waals surface area contributed by atoms with Crippen LogP contribution in [0.5, 0.6) is 0 Å². The maximum absolute atomic E-state index is 12.5. The molecule has 0 radical (unpaired) electrons. The molecule has 2 aliphatic rings. The Morgan fingerprint density at radius 2 is 1.78 bits per heavy atom. The van der Waals surface area contributed by atoms with E-state index in [1.54, 1.807) is 16.9 Å². The zero-order valence-electron chi connectivity index (χ0n) is 14.7. The minimum Gasteiger partial charge on any atom is -0.324 e. The van der Waals surface area contributed by atoms with Gasteiger partial charge in [0.1, 0.15) is 6.54 Å². The van der Waals surface area contributed by atoms with Gasteiger partial charge in [0.2, 0.25) is 17.7 Å². The number of nitrogens with zero attached hydrogens (tertiary/aromatic N) is 3. The summed E-state index contributed by atoms with van der Waals surface area (Å²) in [5, 5.41) is 7.01. The van der Waals surface area contributed by atoms with E-state index in [2.05, 4.69) is 10.4 Å². The average molecular weight is 364 g/mol. The zero-order chi connectivity index (χ0) is 18.8.